The molecular weight excluding hydrogens is 334 g/mol. The number of carbonyl (C=O) groups excluding carboxylic acids is 3. The van der Waals surface area contributed by atoms with E-state index in [1.165, 1.54) is 14.2 Å². The number of carbonyl (C=O) groups is 3. The number of anilines is 1. The minimum absolute atomic E-state index is 0.0410. The largest absolute Gasteiger partial charge is 0.465 e. The zero-order valence-corrected chi connectivity index (χ0v) is 14.3. The minimum atomic E-state index is -0.689. The van der Waals surface area contributed by atoms with Crippen LogP contribution < -0.4 is 5.73 Å². The van der Waals surface area contributed by atoms with Crippen molar-refractivity contribution >= 4 is 34.2 Å². The van der Waals surface area contributed by atoms with Crippen LogP contribution in [-0.2, 0) is 25.6 Å². The van der Waals surface area contributed by atoms with Gasteiger partial charge in [0, 0.05) is 5.56 Å². The van der Waals surface area contributed by atoms with Gasteiger partial charge in [-0.1, -0.05) is 12.2 Å². The summed E-state index contributed by atoms with van der Waals surface area (Å²) in [7, 11) is 2.43. The van der Waals surface area contributed by atoms with Crippen molar-refractivity contribution in [1.82, 2.24) is 0 Å². The molecule has 0 amide bonds. The first-order valence-electron chi connectivity index (χ1n) is 7.39. The lowest BCUT2D eigenvalue weighted by Gasteiger charge is -2.16. The number of methoxy groups -OCH3 is 2. The van der Waals surface area contributed by atoms with Crippen LogP contribution in [0.3, 0.4) is 0 Å². The second-order valence-corrected chi connectivity index (χ2v) is 6.27. The van der Waals surface area contributed by atoms with Crippen LogP contribution in [0.15, 0.2) is 12.2 Å². The molecule has 1 aliphatic carbocycles. The summed E-state index contributed by atoms with van der Waals surface area (Å²) in [4.78, 5) is 36.1. The highest BCUT2D eigenvalue weighted by atomic mass is 32.1. The van der Waals surface area contributed by atoms with E-state index in [1.807, 2.05) is 12.2 Å². The van der Waals surface area contributed by atoms with Crippen molar-refractivity contribution < 1.29 is 28.6 Å². The molecule has 1 aromatic heterocycles. The number of hydrogen-bond acceptors (Lipinski definition) is 8. The third kappa shape index (κ3) is 3.76. The zero-order chi connectivity index (χ0) is 17.7. The van der Waals surface area contributed by atoms with E-state index in [2.05, 4.69) is 0 Å². The third-order valence-corrected chi connectivity index (χ3v) is 4.80. The number of rotatable bonds is 5. The first-order chi connectivity index (χ1) is 11.5. The molecule has 2 rings (SSSR count). The predicted molar refractivity (Wildman–Crippen MR) is 87.7 cm³/mol. The molecule has 2 N–H and O–H groups in total. The van der Waals surface area contributed by atoms with E-state index in [1.54, 1.807) is 0 Å². The van der Waals surface area contributed by atoms with Gasteiger partial charge in [-0.2, -0.15) is 0 Å². The van der Waals surface area contributed by atoms with Gasteiger partial charge in [0.25, 0.3) is 0 Å². The minimum Gasteiger partial charge on any atom is -0.465 e. The number of hydrogen-bond donors (Lipinski definition) is 1. The van der Waals surface area contributed by atoms with Crippen molar-refractivity contribution in [3.05, 3.63) is 28.2 Å². The quantitative estimate of drug-likeness (QED) is 0.492. The molecule has 1 aliphatic rings. The molecule has 0 aliphatic heterocycles. The summed E-state index contributed by atoms with van der Waals surface area (Å²) in [6.45, 7) is -0.235. The Labute approximate surface area is 143 Å². The van der Waals surface area contributed by atoms with Crippen LogP contribution in [0.5, 0.6) is 0 Å². The fourth-order valence-corrected chi connectivity index (χ4v) is 3.45. The normalized spacial score (nSPS) is 16.5. The number of ether oxygens (including phenoxy) is 3. The number of esters is 3. The monoisotopic (exact) mass is 353 g/mol. The van der Waals surface area contributed by atoms with Gasteiger partial charge in [0.2, 0.25) is 0 Å². The van der Waals surface area contributed by atoms with Gasteiger partial charge < -0.3 is 19.9 Å². The second-order valence-electron chi connectivity index (χ2n) is 5.22. The number of nitrogens with two attached hydrogens (primary N) is 1. The molecule has 1 atom stereocenters. The molecular formula is C16H19NO6S. The highest BCUT2D eigenvalue weighted by Crippen LogP contribution is 2.33. The average Bonchev–Trinajstić information content (AvgIpc) is 2.95. The molecule has 0 bridgehead atoms. The predicted octanol–water partition coefficient (Wildman–Crippen LogP) is 2.30. The van der Waals surface area contributed by atoms with Crippen LogP contribution >= 0.6 is 11.3 Å². The molecule has 0 spiro atoms. The van der Waals surface area contributed by atoms with Crippen molar-refractivity contribution in [2.45, 2.75) is 25.9 Å². The maximum Gasteiger partial charge on any atom is 0.348 e. The number of nitrogen functional groups attached to an aromatic ring is 1. The molecule has 24 heavy (non-hydrogen) atoms. The standard InChI is InChI=1S/C16H19NO6S/c1-21-15(19)11-10(12(16(20)22-2)24-13(11)17)8-23-14(18)9-6-4-3-5-7-9/h3-4,9H,5-8,17H2,1-2H3. The molecule has 0 saturated carbocycles. The molecule has 1 unspecified atom stereocenters. The maximum absolute atomic E-state index is 12.2. The SMILES string of the molecule is COC(=O)c1sc(N)c(C(=O)OC)c1COC(=O)C1CC=CCC1. The molecule has 130 valence electrons. The van der Waals surface area contributed by atoms with Crippen molar-refractivity contribution in [3.8, 4) is 0 Å². The summed E-state index contributed by atoms with van der Waals surface area (Å²) in [5, 5.41) is 0.119. The summed E-state index contributed by atoms with van der Waals surface area (Å²) in [6.07, 6.45) is 6.13. The van der Waals surface area contributed by atoms with E-state index in [-0.39, 0.29) is 39.5 Å². The Morgan fingerprint density at radius 1 is 1.21 bits per heavy atom. The Morgan fingerprint density at radius 3 is 2.50 bits per heavy atom. The van der Waals surface area contributed by atoms with Crippen LogP contribution in [0.2, 0.25) is 0 Å². The van der Waals surface area contributed by atoms with Crippen molar-refractivity contribution in [1.29, 1.82) is 0 Å². The molecule has 0 aromatic carbocycles. The van der Waals surface area contributed by atoms with E-state index in [0.29, 0.717) is 6.42 Å². The summed E-state index contributed by atoms with van der Waals surface area (Å²) in [5.74, 6) is -1.91. The maximum atomic E-state index is 12.2. The summed E-state index contributed by atoms with van der Waals surface area (Å²) in [6, 6.07) is 0. The Kier molecular flexibility index (Phi) is 5.97. The van der Waals surface area contributed by atoms with E-state index in [0.717, 1.165) is 24.2 Å². The van der Waals surface area contributed by atoms with Gasteiger partial charge in [0.15, 0.2) is 0 Å². The van der Waals surface area contributed by atoms with Gasteiger partial charge in [0.05, 0.1) is 20.1 Å². The van der Waals surface area contributed by atoms with E-state index in [9.17, 15) is 14.4 Å². The van der Waals surface area contributed by atoms with Gasteiger partial charge in [-0.05, 0) is 19.3 Å². The van der Waals surface area contributed by atoms with Gasteiger partial charge in [0.1, 0.15) is 22.0 Å². The Hall–Kier alpha value is -2.35. The van der Waals surface area contributed by atoms with Crippen molar-refractivity contribution in [2.24, 2.45) is 5.92 Å². The number of allylic oxidation sites excluding steroid dienone is 2. The summed E-state index contributed by atoms with van der Waals surface area (Å²) in [5.41, 5.74) is 6.08. The fraction of sp³-hybridized carbons (Fsp3) is 0.438. The van der Waals surface area contributed by atoms with E-state index >= 15 is 0 Å². The van der Waals surface area contributed by atoms with E-state index < -0.39 is 11.9 Å². The van der Waals surface area contributed by atoms with Gasteiger partial charge in [-0.3, -0.25) is 4.79 Å². The molecule has 8 heteroatoms. The average molecular weight is 353 g/mol. The lowest BCUT2D eigenvalue weighted by atomic mass is 9.95. The highest BCUT2D eigenvalue weighted by Gasteiger charge is 2.29. The molecule has 0 fully saturated rings. The topological polar surface area (TPSA) is 105 Å². The smallest absolute Gasteiger partial charge is 0.348 e. The molecule has 7 nitrogen and oxygen atoms in total. The number of thiophene rings is 1. The third-order valence-electron chi connectivity index (χ3n) is 3.76. The second kappa shape index (κ2) is 7.96. The Bertz CT molecular complexity index is 678. The first kappa shape index (κ1) is 18.0. The lowest BCUT2D eigenvalue weighted by Crippen LogP contribution is -2.20. The molecule has 0 saturated heterocycles. The van der Waals surface area contributed by atoms with Gasteiger partial charge in [-0.15, -0.1) is 11.3 Å². The zero-order valence-electron chi connectivity index (χ0n) is 13.5. The Morgan fingerprint density at radius 2 is 1.92 bits per heavy atom. The Balaban J connectivity index is 2.23. The molecule has 1 aromatic rings. The molecule has 0 radical (unpaired) electrons. The molecule has 1 heterocycles. The van der Waals surface area contributed by atoms with E-state index in [4.69, 9.17) is 19.9 Å². The summed E-state index contributed by atoms with van der Waals surface area (Å²) < 4.78 is 14.7. The fourth-order valence-electron chi connectivity index (χ4n) is 2.47. The van der Waals surface area contributed by atoms with Crippen molar-refractivity contribution in [3.63, 3.8) is 0 Å². The van der Waals surface area contributed by atoms with Crippen LogP contribution in [0, 0.1) is 5.92 Å². The highest BCUT2D eigenvalue weighted by molar-refractivity contribution is 7.18. The van der Waals surface area contributed by atoms with Crippen LogP contribution in [0.25, 0.3) is 0 Å². The first-order valence-corrected chi connectivity index (χ1v) is 8.20. The van der Waals surface area contributed by atoms with Crippen molar-refractivity contribution in [2.75, 3.05) is 20.0 Å². The lowest BCUT2D eigenvalue weighted by molar-refractivity contribution is -0.150. The summed E-state index contributed by atoms with van der Waals surface area (Å²) >= 11 is 0.905. The van der Waals surface area contributed by atoms with Crippen LogP contribution in [-0.4, -0.2) is 32.1 Å². The van der Waals surface area contributed by atoms with Crippen LogP contribution in [0.1, 0.15) is 44.9 Å². The van der Waals surface area contributed by atoms with Gasteiger partial charge in [-0.25, -0.2) is 9.59 Å². The van der Waals surface area contributed by atoms with Crippen LogP contribution in [0.4, 0.5) is 5.00 Å². The van der Waals surface area contributed by atoms with Gasteiger partial charge >= 0.3 is 17.9 Å².